The van der Waals surface area contributed by atoms with E-state index in [4.69, 9.17) is 0 Å². The molecule has 8 heteroatoms. The standard InChI is InChI=1S/C21H22F2N4O2/c1-13-24-7-4-18(25-13)19(28)26-16-3-2-5-21(12-16)6-8-27(20(21)29)17-10-14(22)9-15(23)11-17/h4,7,9-11,16H,2-3,5-6,8,12H2,1H3,(H,26,28)/t16-,21+/m1/s1. The van der Waals surface area contributed by atoms with Gasteiger partial charge in [0, 0.05) is 30.5 Å². The summed E-state index contributed by atoms with van der Waals surface area (Å²) in [6, 6.07) is 4.56. The fourth-order valence-electron chi connectivity index (χ4n) is 4.51. The number of anilines is 1. The van der Waals surface area contributed by atoms with Crippen molar-refractivity contribution >= 4 is 17.5 Å². The summed E-state index contributed by atoms with van der Waals surface area (Å²) >= 11 is 0. The van der Waals surface area contributed by atoms with E-state index >= 15 is 0 Å². The molecule has 1 aliphatic carbocycles. The number of rotatable bonds is 3. The van der Waals surface area contributed by atoms with Gasteiger partial charge in [0.05, 0.1) is 5.41 Å². The molecule has 1 aromatic heterocycles. The molecule has 4 rings (SSSR count). The zero-order valence-corrected chi connectivity index (χ0v) is 16.1. The summed E-state index contributed by atoms with van der Waals surface area (Å²) < 4.78 is 27.2. The second-order valence-corrected chi connectivity index (χ2v) is 7.87. The van der Waals surface area contributed by atoms with E-state index in [1.807, 2.05) is 0 Å². The molecule has 2 atom stereocenters. The SMILES string of the molecule is Cc1nccc(C(=O)N[C@@H]2CCC[C@]3(CCN(c4cc(F)cc(F)c4)C3=O)C2)n1. The number of carbonyl (C=O) groups is 2. The van der Waals surface area contributed by atoms with Crippen LogP contribution in [0.15, 0.2) is 30.5 Å². The maximum absolute atomic E-state index is 13.6. The maximum atomic E-state index is 13.6. The summed E-state index contributed by atoms with van der Waals surface area (Å²) in [7, 11) is 0. The Morgan fingerprint density at radius 2 is 2.00 bits per heavy atom. The van der Waals surface area contributed by atoms with Crippen molar-refractivity contribution in [2.45, 2.75) is 45.1 Å². The molecule has 0 radical (unpaired) electrons. The molecule has 0 bridgehead atoms. The molecule has 1 aliphatic heterocycles. The predicted molar refractivity (Wildman–Crippen MR) is 102 cm³/mol. The van der Waals surface area contributed by atoms with Crippen molar-refractivity contribution in [2.24, 2.45) is 5.41 Å². The van der Waals surface area contributed by atoms with Gasteiger partial charge in [-0.2, -0.15) is 0 Å². The Morgan fingerprint density at radius 3 is 2.72 bits per heavy atom. The van der Waals surface area contributed by atoms with Crippen LogP contribution in [0.1, 0.15) is 48.4 Å². The van der Waals surface area contributed by atoms with Crippen molar-refractivity contribution in [3.8, 4) is 0 Å². The second kappa shape index (κ2) is 7.50. The summed E-state index contributed by atoms with van der Waals surface area (Å²) in [4.78, 5) is 35.3. The van der Waals surface area contributed by atoms with Gasteiger partial charge in [-0.15, -0.1) is 0 Å². The first-order valence-corrected chi connectivity index (χ1v) is 9.75. The van der Waals surface area contributed by atoms with Gasteiger partial charge in [-0.1, -0.05) is 6.42 Å². The zero-order chi connectivity index (χ0) is 20.6. The molecule has 2 aromatic rings. The van der Waals surface area contributed by atoms with Crippen LogP contribution in [0.25, 0.3) is 0 Å². The summed E-state index contributed by atoms with van der Waals surface area (Å²) in [6.07, 6.45) is 4.93. The minimum atomic E-state index is -0.706. The largest absolute Gasteiger partial charge is 0.348 e. The van der Waals surface area contributed by atoms with E-state index in [0.717, 1.165) is 18.9 Å². The molecule has 2 amide bonds. The Hall–Kier alpha value is -2.90. The number of carbonyl (C=O) groups excluding carboxylic acids is 2. The highest BCUT2D eigenvalue weighted by Crippen LogP contribution is 2.46. The number of halogens is 2. The fourth-order valence-corrected chi connectivity index (χ4v) is 4.51. The smallest absolute Gasteiger partial charge is 0.270 e. The van der Waals surface area contributed by atoms with Gasteiger partial charge in [0.2, 0.25) is 5.91 Å². The van der Waals surface area contributed by atoms with Crippen molar-refractivity contribution < 1.29 is 18.4 Å². The van der Waals surface area contributed by atoms with Crippen LogP contribution >= 0.6 is 0 Å². The van der Waals surface area contributed by atoms with E-state index in [9.17, 15) is 18.4 Å². The van der Waals surface area contributed by atoms with Gasteiger partial charge in [0.15, 0.2) is 0 Å². The highest BCUT2D eigenvalue weighted by molar-refractivity contribution is 6.00. The van der Waals surface area contributed by atoms with Crippen molar-refractivity contribution in [2.75, 3.05) is 11.4 Å². The van der Waals surface area contributed by atoms with Crippen molar-refractivity contribution in [3.05, 3.63) is 53.6 Å². The molecule has 1 aromatic carbocycles. The maximum Gasteiger partial charge on any atom is 0.270 e. The first-order valence-electron chi connectivity index (χ1n) is 9.75. The van der Waals surface area contributed by atoms with Crippen LogP contribution in [-0.4, -0.2) is 34.4 Å². The number of amides is 2. The van der Waals surface area contributed by atoms with Gasteiger partial charge in [0.25, 0.3) is 5.91 Å². The molecule has 1 spiro atoms. The molecule has 2 fully saturated rings. The number of hydrogen-bond acceptors (Lipinski definition) is 4. The Morgan fingerprint density at radius 1 is 1.24 bits per heavy atom. The van der Waals surface area contributed by atoms with Crippen molar-refractivity contribution in [1.82, 2.24) is 15.3 Å². The highest BCUT2D eigenvalue weighted by Gasteiger charge is 2.49. The average molecular weight is 400 g/mol. The third-order valence-electron chi connectivity index (χ3n) is 5.86. The van der Waals surface area contributed by atoms with Crippen LogP contribution in [0.3, 0.4) is 0 Å². The normalized spacial score (nSPS) is 24.2. The summed E-state index contributed by atoms with van der Waals surface area (Å²) in [6.45, 7) is 2.13. The molecule has 29 heavy (non-hydrogen) atoms. The van der Waals surface area contributed by atoms with Crippen LogP contribution in [0.5, 0.6) is 0 Å². The van der Waals surface area contributed by atoms with Gasteiger partial charge in [-0.05, 0) is 50.8 Å². The molecule has 1 N–H and O–H groups in total. The molecule has 152 valence electrons. The first-order chi connectivity index (χ1) is 13.9. The van der Waals surface area contributed by atoms with Gasteiger partial charge in [0.1, 0.15) is 23.2 Å². The topological polar surface area (TPSA) is 75.2 Å². The van der Waals surface area contributed by atoms with Crippen LogP contribution < -0.4 is 10.2 Å². The summed E-state index contributed by atoms with van der Waals surface area (Å²) in [5.41, 5.74) is -0.0700. The van der Waals surface area contributed by atoms with E-state index in [1.165, 1.54) is 23.2 Å². The molecule has 6 nitrogen and oxygen atoms in total. The van der Waals surface area contributed by atoms with Gasteiger partial charge >= 0.3 is 0 Å². The lowest BCUT2D eigenvalue weighted by Crippen LogP contribution is -2.46. The molecule has 1 saturated carbocycles. The first kappa shape index (κ1) is 19.4. The Kier molecular flexibility index (Phi) is 5.02. The number of benzene rings is 1. The quantitative estimate of drug-likeness (QED) is 0.859. The molecule has 0 unspecified atom stereocenters. The van der Waals surface area contributed by atoms with E-state index in [1.54, 1.807) is 13.0 Å². The van der Waals surface area contributed by atoms with E-state index < -0.39 is 17.0 Å². The Labute approximate surface area is 167 Å². The Bertz CT molecular complexity index is 947. The monoisotopic (exact) mass is 400 g/mol. The van der Waals surface area contributed by atoms with Gasteiger partial charge in [-0.3, -0.25) is 9.59 Å². The number of hydrogen-bond donors (Lipinski definition) is 1. The van der Waals surface area contributed by atoms with Crippen LogP contribution in [0.4, 0.5) is 14.5 Å². The van der Waals surface area contributed by atoms with Crippen LogP contribution in [0.2, 0.25) is 0 Å². The lowest BCUT2D eigenvalue weighted by molar-refractivity contribution is -0.127. The minimum absolute atomic E-state index is 0.126. The molecular formula is C21H22F2N4O2. The third kappa shape index (κ3) is 3.83. The number of aryl methyl sites for hydroxylation is 1. The van der Waals surface area contributed by atoms with Crippen molar-refractivity contribution in [1.29, 1.82) is 0 Å². The highest BCUT2D eigenvalue weighted by atomic mass is 19.1. The minimum Gasteiger partial charge on any atom is -0.348 e. The van der Waals surface area contributed by atoms with Crippen LogP contribution in [0, 0.1) is 24.0 Å². The molecule has 2 aliphatic rings. The van der Waals surface area contributed by atoms with Crippen molar-refractivity contribution in [3.63, 3.8) is 0 Å². The predicted octanol–water partition coefficient (Wildman–Crippen LogP) is 3.16. The van der Waals surface area contributed by atoms with Gasteiger partial charge in [-0.25, -0.2) is 18.7 Å². The molecule has 2 heterocycles. The lowest BCUT2D eigenvalue weighted by Gasteiger charge is -2.36. The van der Waals surface area contributed by atoms with E-state index in [0.29, 0.717) is 37.3 Å². The van der Waals surface area contributed by atoms with E-state index in [2.05, 4.69) is 15.3 Å². The third-order valence-corrected chi connectivity index (χ3v) is 5.86. The lowest BCUT2D eigenvalue weighted by atomic mass is 9.71. The van der Waals surface area contributed by atoms with E-state index in [-0.39, 0.29) is 23.5 Å². The second-order valence-electron chi connectivity index (χ2n) is 7.87. The average Bonchev–Trinajstić information content (AvgIpc) is 2.97. The number of nitrogens with zero attached hydrogens (tertiary/aromatic N) is 3. The molecule has 1 saturated heterocycles. The summed E-state index contributed by atoms with van der Waals surface area (Å²) in [5.74, 6) is -1.31. The number of nitrogens with one attached hydrogen (secondary N) is 1. The summed E-state index contributed by atoms with van der Waals surface area (Å²) in [5, 5.41) is 2.99. The number of aromatic nitrogens is 2. The van der Waals surface area contributed by atoms with Gasteiger partial charge < -0.3 is 10.2 Å². The fraction of sp³-hybridized carbons (Fsp3) is 0.429. The zero-order valence-electron chi connectivity index (χ0n) is 16.1. The van der Waals surface area contributed by atoms with Crippen LogP contribution in [-0.2, 0) is 4.79 Å². The Balaban J connectivity index is 1.49. The molecular weight excluding hydrogens is 378 g/mol.